The summed E-state index contributed by atoms with van der Waals surface area (Å²) in [5, 5.41) is 12.9. The van der Waals surface area contributed by atoms with Gasteiger partial charge in [0.2, 0.25) is 0 Å². The zero-order valence-electron chi connectivity index (χ0n) is 10.2. The molecule has 0 fully saturated rings. The van der Waals surface area contributed by atoms with Crippen LogP contribution in [0, 0.1) is 5.92 Å². The minimum atomic E-state index is -0.259. The van der Waals surface area contributed by atoms with Crippen LogP contribution in [0.1, 0.15) is 19.4 Å². The minimum absolute atomic E-state index is 0.259. The van der Waals surface area contributed by atoms with Crippen LogP contribution in [0.25, 0.3) is 0 Å². The first-order valence-electron chi connectivity index (χ1n) is 5.65. The molecule has 90 valence electrons. The molecule has 16 heavy (non-hydrogen) atoms. The quantitative estimate of drug-likeness (QED) is 0.748. The molecule has 0 aliphatic heterocycles. The van der Waals surface area contributed by atoms with E-state index in [-0.39, 0.29) is 6.10 Å². The zero-order valence-corrected chi connectivity index (χ0v) is 11.1. The van der Waals surface area contributed by atoms with Gasteiger partial charge in [-0.1, -0.05) is 26.0 Å². The Bertz CT molecular complexity index is 297. The number of aliphatic hydroxyl groups excluding tert-OH is 1. The number of hydrogen-bond acceptors (Lipinski definition) is 3. The standard InChI is InChI=1S/C13H21NOS/c1-10(2)13(15)9-14-8-11-4-6-12(16-3)7-5-11/h4-7,10,13-15H,8-9H2,1-3H3. The topological polar surface area (TPSA) is 32.3 Å². The van der Waals surface area contributed by atoms with E-state index in [9.17, 15) is 5.11 Å². The van der Waals surface area contributed by atoms with Crippen molar-refractivity contribution in [2.24, 2.45) is 5.92 Å². The molecule has 0 saturated carbocycles. The number of rotatable bonds is 6. The van der Waals surface area contributed by atoms with Crippen molar-refractivity contribution < 1.29 is 5.11 Å². The second-order valence-corrected chi connectivity index (χ2v) is 5.17. The van der Waals surface area contributed by atoms with Gasteiger partial charge in [0.1, 0.15) is 0 Å². The third-order valence-corrected chi connectivity index (χ3v) is 3.35. The Kier molecular flexibility index (Phi) is 5.88. The van der Waals surface area contributed by atoms with Crippen molar-refractivity contribution in [2.75, 3.05) is 12.8 Å². The van der Waals surface area contributed by atoms with Gasteiger partial charge in [0.05, 0.1) is 6.10 Å². The molecular formula is C13H21NOS. The molecule has 1 aromatic rings. The van der Waals surface area contributed by atoms with E-state index in [1.165, 1.54) is 10.5 Å². The molecule has 0 saturated heterocycles. The smallest absolute Gasteiger partial charge is 0.0687 e. The summed E-state index contributed by atoms with van der Waals surface area (Å²) in [7, 11) is 0. The van der Waals surface area contributed by atoms with Gasteiger partial charge in [-0.15, -0.1) is 11.8 Å². The highest BCUT2D eigenvalue weighted by molar-refractivity contribution is 7.98. The molecule has 0 spiro atoms. The summed E-state index contributed by atoms with van der Waals surface area (Å²) in [4.78, 5) is 1.28. The second-order valence-electron chi connectivity index (χ2n) is 4.29. The van der Waals surface area contributed by atoms with E-state index in [0.29, 0.717) is 12.5 Å². The molecular weight excluding hydrogens is 218 g/mol. The second kappa shape index (κ2) is 6.94. The van der Waals surface area contributed by atoms with Gasteiger partial charge in [0, 0.05) is 18.0 Å². The van der Waals surface area contributed by atoms with Gasteiger partial charge < -0.3 is 10.4 Å². The summed E-state index contributed by atoms with van der Waals surface area (Å²) in [6, 6.07) is 8.50. The predicted octanol–water partition coefficient (Wildman–Crippen LogP) is 2.52. The first-order chi connectivity index (χ1) is 7.63. The molecule has 0 radical (unpaired) electrons. The molecule has 0 bridgehead atoms. The SMILES string of the molecule is CSc1ccc(CNCC(O)C(C)C)cc1. The third kappa shape index (κ3) is 4.56. The van der Waals surface area contributed by atoms with Crippen LogP contribution >= 0.6 is 11.8 Å². The van der Waals surface area contributed by atoms with Gasteiger partial charge in [-0.25, -0.2) is 0 Å². The number of benzene rings is 1. The molecule has 1 atom stereocenters. The lowest BCUT2D eigenvalue weighted by Crippen LogP contribution is -2.30. The van der Waals surface area contributed by atoms with Gasteiger partial charge in [-0.05, 0) is 29.9 Å². The van der Waals surface area contributed by atoms with Crippen molar-refractivity contribution >= 4 is 11.8 Å². The van der Waals surface area contributed by atoms with E-state index in [1.807, 2.05) is 13.8 Å². The lowest BCUT2D eigenvalue weighted by Gasteiger charge is -2.15. The molecule has 0 aromatic heterocycles. The highest BCUT2D eigenvalue weighted by Crippen LogP contribution is 2.14. The van der Waals surface area contributed by atoms with Gasteiger partial charge in [-0.2, -0.15) is 0 Å². The van der Waals surface area contributed by atoms with E-state index >= 15 is 0 Å². The minimum Gasteiger partial charge on any atom is -0.392 e. The fraction of sp³-hybridized carbons (Fsp3) is 0.538. The molecule has 1 aromatic carbocycles. The summed E-state index contributed by atoms with van der Waals surface area (Å²) >= 11 is 1.75. The van der Waals surface area contributed by atoms with E-state index in [1.54, 1.807) is 11.8 Å². The monoisotopic (exact) mass is 239 g/mol. The summed E-state index contributed by atoms with van der Waals surface area (Å²) in [6.07, 6.45) is 1.82. The third-order valence-electron chi connectivity index (χ3n) is 2.61. The van der Waals surface area contributed by atoms with Crippen LogP contribution in [0.4, 0.5) is 0 Å². The molecule has 0 aliphatic carbocycles. The van der Waals surface area contributed by atoms with Crippen molar-refractivity contribution in [1.29, 1.82) is 0 Å². The Hall–Kier alpha value is -0.510. The molecule has 1 rings (SSSR count). The van der Waals surface area contributed by atoms with Gasteiger partial charge in [-0.3, -0.25) is 0 Å². The Morgan fingerprint density at radius 3 is 2.38 bits per heavy atom. The number of nitrogens with one attached hydrogen (secondary N) is 1. The molecule has 2 N–H and O–H groups in total. The zero-order chi connectivity index (χ0) is 12.0. The number of hydrogen-bond donors (Lipinski definition) is 2. The molecule has 2 nitrogen and oxygen atoms in total. The van der Waals surface area contributed by atoms with Crippen LogP contribution in [0.2, 0.25) is 0 Å². The molecule has 1 unspecified atom stereocenters. The van der Waals surface area contributed by atoms with E-state index in [0.717, 1.165) is 6.54 Å². The molecule has 0 heterocycles. The summed E-state index contributed by atoms with van der Waals surface area (Å²) < 4.78 is 0. The maximum atomic E-state index is 9.62. The predicted molar refractivity (Wildman–Crippen MR) is 70.8 cm³/mol. The van der Waals surface area contributed by atoms with Crippen molar-refractivity contribution in [2.45, 2.75) is 31.4 Å². The lowest BCUT2D eigenvalue weighted by atomic mass is 10.1. The molecule has 0 aliphatic rings. The van der Waals surface area contributed by atoms with Gasteiger partial charge in [0.25, 0.3) is 0 Å². The van der Waals surface area contributed by atoms with Crippen LogP contribution in [-0.4, -0.2) is 24.0 Å². The van der Waals surface area contributed by atoms with Crippen molar-refractivity contribution in [3.05, 3.63) is 29.8 Å². The van der Waals surface area contributed by atoms with Gasteiger partial charge in [0.15, 0.2) is 0 Å². The number of thioether (sulfide) groups is 1. The van der Waals surface area contributed by atoms with Crippen LogP contribution in [0.3, 0.4) is 0 Å². The van der Waals surface area contributed by atoms with Crippen LogP contribution in [-0.2, 0) is 6.54 Å². The Morgan fingerprint density at radius 2 is 1.88 bits per heavy atom. The van der Waals surface area contributed by atoms with E-state index in [2.05, 4.69) is 35.8 Å². The Balaban J connectivity index is 2.31. The normalized spacial score (nSPS) is 13.1. The highest BCUT2D eigenvalue weighted by Gasteiger charge is 2.07. The van der Waals surface area contributed by atoms with Crippen molar-refractivity contribution in [1.82, 2.24) is 5.32 Å². The molecule has 3 heteroatoms. The summed E-state index contributed by atoms with van der Waals surface area (Å²) in [5.41, 5.74) is 1.26. The Morgan fingerprint density at radius 1 is 1.25 bits per heavy atom. The summed E-state index contributed by atoms with van der Waals surface area (Å²) in [6.45, 7) is 5.53. The average Bonchev–Trinajstić information content (AvgIpc) is 2.29. The van der Waals surface area contributed by atoms with E-state index < -0.39 is 0 Å². The number of aliphatic hydroxyl groups is 1. The van der Waals surface area contributed by atoms with Crippen LogP contribution < -0.4 is 5.32 Å². The summed E-state index contributed by atoms with van der Waals surface area (Å²) in [5.74, 6) is 0.311. The Labute approximate surface area is 102 Å². The van der Waals surface area contributed by atoms with E-state index in [4.69, 9.17) is 0 Å². The maximum Gasteiger partial charge on any atom is 0.0687 e. The first kappa shape index (κ1) is 13.6. The van der Waals surface area contributed by atoms with Crippen molar-refractivity contribution in [3.63, 3.8) is 0 Å². The average molecular weight is 239 g/mol. The van der Waals surface area contributed by atoms with Crippen molar-refractivity contribution in [3.8, 4) is 0 Å². The maximum absolute atomic E-state index is 9.62. The fourth-order valence-corrected chi connectivity index (χ4v) is 1.75. The highest BCUT2D eigenvalue weighted by atomic mass is 32.2. The first-order valence-corrected chi connectivity index (χ1v) is 6.87. The van der Waals surface area contributed by atoms with Crippen LogP contribution in [0.5, 0.6) is 0 Å². The van der Waals surface area contributed by atoms with Gasteiger partial charge >= 0.3 is 0 Å². The van der Waals surface area contributed by atoms with Crippen LogP contribution in [0.15, 0.2) is 29.2 Å². The molecule has 0 amide bonds. The lowest BCUT2D eigenvalue weighted by molar-refractivity contribution is 0.123. The fourth-order valence-electron chi connectivity index (χ4n) is 1.34. The largest absolute Gasteiger partial charge is 0.392 e.